The van der Waals surface area contributed by atoms with Crippen molar-refractivity contribution in [2.45, 2.75) is 33.4 Å². The van der Waals surface area contributed by atoms with Gasteiger partial charge in [0.05, 0.1) is 13.2 Å². The van der Waals surface area contributed by atoms with E-state index in [1.54, 1.807) is 16.9 Å². The summed E-state index contributed by atoms with van der Waals surface area (Å²) in [4.78, 5) is 15.3. The number of carbonyl (C=O) groups excluding carboxylic acids is 1. The molecule has 0 unspecified atom stereocenters. The lowest BCUT2D eigenvalue weighted by molar-refractivity contribution is -0.0283. The smallest absolute Gasteiger partial charge is 0.271 e. The van der Waals surface area contributed by atoms with E-state index in [0.717, 1.165) is 75.8 Å². The van der Waals surface area contributed by atoms with E-state index in [2.05, 4.69) is 21.4 Å². The number of nitrogens with one attached hydrogen (secondary N) is 1. The minimum Gasteiger partial charge on any atom is -0.471 e. The highest BCUT2D eigenvalue weighted by Gasteiger charge is 2.35. The van der Waals surface area contributed by atoms with Gasteiger partial charge in [-0.05, 0) is 49.9 Å². The lowest BCUT2D eigenvalue weighted by Crippen LogP contribution is -2.50. The molecule has 0 saturated carbocycles. The fourth-order valence-electron chi connectivity index (χ4n) is 4.34. The van der Waals surface area contributed by atoms with E-state index in [9.17, 15) is 4.79 Å². The lowest BCUT2D eigenvalue weighted by atomic mass is 9.79. The number of benzene rings is 1. The van der Waals surface area contributed by atoms with Crippen LogP contribution in [0.2, 0.25) is 0 Å². The zero-order valence-corrected chi connectivity index (χ0v) is 19.1. The van der Waals surface area contributed by atoms with Gasteiger partial charge in [0, 0.05) is 51.0 Å². The lowest BCUT2D eigenvalue weighted by Gasteiger charge is -2.42. The minimum absolute atomic E-state index is 0.0274. The molecule has 32 heavy (non-hydrogen) atoms. The van der Waals surface area contributed by atoms with E-state index < -0.39 is 0 Å². The van der Waals surface area contributed by atoms with Gasteiger partial charge in [-0.3, -0.25) is 9.69 Å². The molecule has 2 aromatic rings. The molecule has 8 heteroatoms. The Labute approximate surface area is 189 Å². The van der Waals surface area contributed by atoms with E-state index in [0.29, 0.717) is 12.2 Å². The van der Waals surface area contributed by atoms with Crippen molar-refractivity contribution in [2.75, 3.05) is 52.6 Å². The number of hydrogen-bond donors (Lipinski definition) is 1. The summed E-state index contributed by atoms with van der Waals surface area (Å²) < 4.78 is 18.6. The second-order valence-corrected chi connectivity index (χ2v) is 8.97. The first-order valence-electron chi connectivity index (χ1n) is 11.4. The van der Waals surface area contributed by atoms with Gasteiger partial charge in [0.25, 0.3) is 5.91 Å². The molecule has 0 radical (unpaired) electrons. The fraction of sp³-hybridized carbons (Fsp3) is 0.583. The number of aryl methyl sites for hydroxylation is 2. The summed E-state index contributed by atoms with van der Waals surface area (Å²) in [6.45, 7) is 10.8. The number of ether oxygens (including phenoxy) is 3. The zero-order chi connectivity index (χ0) is 22.4. The molecule has 174 valence electrons. The van der Waals surface area contributed by atoms with Crippen LogP contribution in [0.5, 0.6) is 5.75 Å². The van der Waals surface area contributed by atoms with Gasteiger partial charge in [-0.2, -0.15) is 5.10 Å². The second kappa shape index (κ2) is 10.5. The third-order valence-electron chi connectivity index (χ3n) is 6.41. The highest BCUT2D eigenvalue weighted by Crippen LogP contribution is 2.31. The van der Waals surface area contributed by atoms with Crippen molar-refractivity contribution in [3.63, 3.8) is 0 Å². The number of nitrogens with zero attached hydrogens (tertiary/aromatic N) is 3. The molecule has 2 saturated heterocycles. The molecule has 1 amide bonds. The quantitative estimate of drug-likeness (QED) is 0.677. The number of hydrogen-bond acceptors (Lipinski definition) is 6. The SMILES string of the molecule is Cc1ccc(C)c(OCn2ccc(C(=O)NCC3(CN4CCOCC4)CCOCC3)n2)c1. The summed E-state index contributed by atoms with van der Waals surface area (Å²) in [5.41, 5.74) is 2.65. The van der Waals surface area contributed by atoms with Crippen LogP contribution in [0, 0.1) is 19.3 Å². The van der Waals surface area contributed by atoms with Gasteiger partial charge in [-0.15, -0.1) is 0 Å². The number of rotatable bonds is 8. The Balaban J connectivity index is 1.32. The van der Waals surface area contributed by atoms with Gasteiger partial charge in [0.1, 0.15) is 11.4 Å². The van der Waals surface area contributed by atoms with Crippen molar-refractivity contribution in [3.05, 3.63) is 47.3 Å². The summed E-state index contributed by atoms with van der Waals surface area (Å²) in [6.07, 6.45) is 3.67. The maximum absolute atomic E-state index is 12.8. The standard InChI is InChI=1S/C24H34N4O4/c1-19-3-4-20(2)22(15-19)32-18-28-8-5-21(26-28)23(29)25-16-24(6-11-30-12-7-24)17-27-9-13-31-14-10-27/h3-5,8,15H,6-7,9-14,16-18H2,1-2H3,(H,25,29). The molecule has 2 aliphatic rings. The summed E-state index contributed by atoms with van der Waals surface area (Å²) in [7, 11) is 0. The van der Waals surface area contributed by atoms with E-state index in [4.69, 9.17) is 14.2 Å². The highest BCUT2D eigenvalue weighted by atomic mass is 16.5. The fourth-order valence-corrected chi connectivity index (χ4v) is 4.34. The molecular formula is C24H34N4O4. The minimum atomic E-state index is -0.150. The van der Waals surface area contributed by atoms with Crippen LogP contribution in [0.25, 0.3) is 0 Å². The van der Waals surface area contributed by atoms with Crippen LogP contribution in [0.1, 0.15) is 34.5 Å². The summed E-state index contributed by atoms with van der Waals surface area (Å²) in [5, 5.41) is 7.54. The number of carbonyl (C=O) groups is 1. The predicted octanol–water partition coefficient (Wildman–Crippen LogP) is 2.40. The Bertz CT molecular complexity index is 901. The topological polar surface area (TPSA) is 77.9 Å². The number of amides is 1. The third-order valence-corrected chi connectivity index (χ3v) is 6.41. The molecule has 0 aliphatic carbocycles. The summed E-state index contributed by atoms with van der Waals surface area (Å²) in [5.74, 6) is 0.680. The maximum atomic E-state index is 12.8. The molecule has 8 nitrogen and oxygen atoms in total. The predicted molar refractivity (Wildman–Crippen MR) is 121 cm³/mol. The molecule has 0 spiro atoms. The average molecular weight is 443 g/mol. The molecule has 4 rings (SSSR count). The van der Waals surface area contributed by atoms with Crippen LogP contribution in [0.4, 0.5) is 0 Å². The number of morpholine rings is 1. The van der Waals surface area contributed by atoms with Crippen LogP contribution in [0.15, 0.2) is 30.5 Å². The van der Waals surface area contributed by atoms with Crippen molar-refractivity contribution in [3.8, 4) is 5.75 Å². The van der Waals surface area contributed by atoms with Crippen LogP contribution >= 0.6 is 0 Å². The van der Waals surface area contributed by atoms with Crippen LogP contribution < -0.4 is 10.1 Å². The molecule has 0 bridgehead atoms. The summed E-state index contributed by atoms with van der Waals surface area (Å²) >= 11 is 0. The van der Waals surface area contributed by atoms with Gasteiger partial charge < -0.3 is 19.5 Å². The van der Waals surface area contributed by atoms with Crippen molar-refractivity contribution < 1.29 is 19.0 Å². The van der Waals surface area contributed by atoms with Crippen molar-refractivity contribution in [2.24, 2.45) is 5.41 Å². The second-order valence-electron chi connectivity index (χ2n) is 8.97. The monoisotopic (exact) mass is 442 g/mol. The Morgan fingerprint density at radius 2 is 1.88 bits per heavy atom. The normalized spacial score (nSPS) is 18.9. The largest absolute Gasteiger partial charge is 0.471 e. The Kier molecular flexibility index (Phi) is 7.44. The van der Waals surface area contributed by atoms with Gasteiger partial charge in [-0.1, -0.05) is 12.1 Å². The Morgan fingerprint density at radius 1 is 1.12 bits per heavy atom. The van der Waals surface area contributed by atoms with Crippen LogP contribution in [-0.4, -0.2) is 73.2 Å². The Hall–Kier alpha value is -2.42. The molecule has 1 aromatic carbocycles. The van der Waals surface area contributed by atoms with Gasteiger partial charge in [0.15, 0.2) is 6.73 Å². The first-order chi connectivity index (χ1) is 15.5. The van der Waals surface area contributed by atoms with Crippen molar-refractivity contribution in [1.29, 1.82) is 0 Å². The van der Waals surface area contributed by atoms with E-state index in [1.165, 1.54) is 0 Å². The molecule has 1 aromatic heterocycles. The first kappa shape index (κ1) is 22.8. The Morgan fingerprint density at radius 3 is 2.66 bits per heavy atom. The van der Waals surface area contributed by atoms with Crippen molar-refractivity contribution in [1.82, 2.24) is 20.0 Å². The highest BCUT2D eigenvalue weighted by molar-refractivity contribution is 5.92. The molecular weight excluding hydrogens is 408 g/mol. The zero-order valence-electron chi connectivity index (χ0n) is 19.1. The molecule has 2 fully saturated rings. The van der Waals surface area contributed by atoms with Crippen LogP contribution in [-0.2, 0) is 16.2 Å². The van der Waals surface area contributed by atoms with Crippen molar-refractivity contribution >= 4 is 5.91 Å². The first-order valence-corrected chi connectivity index (χ1v) is 11.4. The molecule has 3 heterocycles. The molecule has 2 aliphatic heterocycles. The summed E-state index contributed by atoms with van der Waals surface area (Å²) in [6, 6.07) is 7.84. The average Bonchev–Trinajstić information content (AvgIpc) is 3.29. The number of aromatic nitrogens is 2. The van der Waals surface area contributed by atoms with Crippen LogP contribution in [0.3, 0.4) is 0 Å². The maximum Gasteiger partial charge on any atom is 0.271 e. The molecule has 0 atom stereocenters. The van der Waals surface area contributed by atoms with E-state index in [-0.39, 0.29) is 18.1 Å². The third kappa shape index (κ3) is 5.88. The van der Waals surface area contributed by atoms with E-state index in [1.807, 2.05) is 26.0 Å². The molecule has 1 N–H and O–H groups in total. The van der Waals surface area contributed by atoms with Gasteiger partial charge >= 0.3 is 0 Å². The van der Waals surface area contributed by atoms with E-state index >= 15 is 0 Å². The van der Waals surface area contributed by atoms with Gasteiger partial charge in [0.2, 0.25) is 0 Å². The van der Waals surface area contributed by atoms with Gasteiger partial charge in [-0.25, -0.2) is 4.68 Å².